The normalized spacial score (nSPS) is 31.4. The van der Waals surface area contributed by atoms with Gasteiger partial charge in [0, 0.05) is 12.3 Å². The first-order chi connectivity index (χ1) is 7.64. The van der Waals surface area contributed by atoms with Crippen molar-refractivity contribution >= 4 is 11.8 Å². The van der Waals surface area contributed by atoms with E-state index < -0.39 is 29.4 Å². The third-order valence-electron chi connectivity index (χ3n) is 4.04. The molecule has 0 saturated heterocycles. The second-order valence-corrected chi connectivity index (χ2v) is 5.34. The molecule has 0 bridgehead atoms. The van der Waals surface area contributed by atoms with Crippen LogP contribution in [0.15, 0.2) is 12.2 Å². The van der Waals surface area contributed by atoms with E-state index in [4.69, 9.17) is 0 Å². The van der Waals surface area contributed by atoms with E-state index in [1.807, 2.05) is 20.8 Å². The minimum Gasteiger partial charge on any atom is -0.458 e. The Kier molecular flexibility index (Phi) is 3.48. The van der Waals surface area contributed by atoms with E-state index in [-0.39, 0.29) is 5.92 Å². The average molecular weight is 240 g/mol. The smallest absolute Gasteiger partial charge is 0.303 e. The number of aliphatic hydroxyl groups is 1. The van der Waals surface area contributed by atoms with Crippen LogP contribution in [0.1, 0.15) is 34.1 Å². The van der Waals surface area contributed by atoms with Crippen LogP contribution in [0.2, 0.25) is 0 Å². The van der Waals surface area contributed by atoms with E-state index in [2.05, 4.69) is 11.3 Å². The molecule has 0 radical (unpaired) electrons. The van der Waals surface area contributed by atoms with Gasteiger partial charge in [0.15, 0.2) is 12.2 Å². The van der Waals surface area contributed by atoms with Gasteiger partial charge in [-0.05, 0) is 17.9 Å². The van der Waals surface area contributed by atoms with Gasteiger partial charge in [0.25, 0.3) is 0 Å². The fourth-order valence-corrected chi connectivity index (χ4v) is 2.41. The van der Waals surface area contributed by atoms with Crippen molar-refractivity contribution in [2.45, 2.75) is 39.7 Å². The number of hydrogen-bond donors (Lipinski definition) is 1. The first kappa shape index (κ1) is 13.9. The van der Waals surface area contributed by atoms with Crippen LogP contribution in [0.3, 0.4) is 0 Å². The van der Waals surface area contributed by atoms with Crippen LogP contribution in [0.4, 0.5) is 0 Å². The van der Waals surface area contributed by atoms with Crippen molar-refractivity contribution in [1.82, 2.24) is 0 Å². The lowest BCUT2D eigenvalue weighted by Crippen LogP contribution is -2.51. The zero-order valence-electron chi connectivity index (χ0n) is 10.9. The van der Waals surface area contributed by atoms with E-state index in [0.717, 1.165) is 0 Å². The number of carbonyl (C=O) groups is 2. The number of carbonyl (C=O) groups excluding carboxylic acids is 2. The summed E-state index contributed by atoms with van der Waals surface area (Å²) in [7, 11) is 0. The molecule has 0 amide bonds. The number of rotatable bonds is 3. The summed E-state index contributed by atoms with van der Waals surface area (Å²) in [5.41, 5.74) is -1.68. The van der Waals surface area contributed by atoms with Gasteiger partial charge in [-0.1, -0.05) is 27.4 Å². The minimum absolute atomic E-state index is 0.154. The molecule has 96 valence electrons. The Morgan fingerprint density at radius 2 is 2.06 bits per heavy atom. The second-order valence-electron chi connectivity index (χ2n) is 5.34. The topological polar surface area (TPSA) is 63.6 Å². The van der Waals surface area contributed by atoms with Crippen molar-refractivity contribution in [3.63, 3.8) is 0 Å². The molecular weight excluding hydrogens is 220 g/mol. The molecule has 0 unspecified atom stereocenters. The predicted octanol–water partition coefficient (Wildman–Crippen LogP) is 1.47. The summed E-state index contributed by atoms with van der Waals surface area (Å²) in [6.45, 7) is 10.3. The molecule has 0 aromatic rings. The van der Waals surface area contributed by atoms with Crippen LogP contribution in [0, 0.1) is 11.3 Å². The maximum absolute atomic E-state index is 12.1. The number of esters is 1. The van der Waals surface area contributed by atoms with Crippen LogP contribution in [-0.2, 0) is 14.3 Å². The highest BCUT2D eigenvalue weighted by Crippen LogP contribution is 2.52. The molecule has 4 nitrogen and oxygen atoms in total. The van der Waals surface area contributed by atoms with Crippen LogP contribution in [0.5, 0.6) is 0 Å². The molecule has 2 atom stereocenters. The number of ether oxygens (including phenoxy) is 1. The predicted molar refractivity (Wildman–Crippen MR) is 63.3 cm³/mol. The van der Waals surface area contributed by atoms with Crippen molar-refractivity contribution in [3.05, 3.63) is 12.2 Å². The second kappa shape index (κ2) is 4.26. The molecule has 0 spiro atoms. The summed E-state index contributed by atoms with van der Waals surface area (Å²) in [5, 5.41) is 10.6. The van der Waals surface area contributed by atoms with E-state index in [9.17, 15) is 14.7 Å². The highest BCUT2D eigenvalue weighted by molar-refractivity contribution is 5.94. The molecule has 1 saturated carbocycles. The number of ketones is 1. The zero-order valence-corrected chi connectivity index (χ0v) is 10.9. The van der Waals surface area contributed by atoms with Gasteiger partial charge in [-0.2, -0.15) is 0 Å². The molecule has 17 heavy (non-hydrogen) atoms. The Morgan fingerprint density at radius 3 is 2.41 bits per heavy atom. The van der Waals surface area contributed by atoms with Gasteiger partial charge in [-0.3, -0.25) is 9.59 Å². The highest BCUT2D eigenvalue weighted by Gasteiger charge is 2.58. The van der Waals surface area contributed by atoms with E-state index in [1.54, 1.807) is 0 Å². The van der Waals surface area contributed by atoms with Gasteiger partial charge in [0.05, 0.1) is 0 Å². The molecule has 0 aromatic carbocycles. The summed E-state index contributed by atoms with van der Waals surface area (Å²) >= 11 is 0. The van der Waals surface area contributed by atoms with E-state index in [0.29, 0.717) is 12.0 Å². The summed E-state index contributed by atoms with van der Waals surface area (Å²) < 4.78 is 4.67. The third-order valence-corrected chi connectivity index (χ3v) is 4.04. The van der Waals surface area contributed by atoms with Crippen LogP contribution >= 0.6 is 0 Å². The fourth-order valence-electron chi connectivity index (χ4n) is 2.41. The SMILES string of the molecule is C=C1C[C@@H](C)C(C)(C)[C@@]1(O)C(=O)COC(C)=O. The van der Waals surface area contributed by atoms with Crippen molar-refractivity contribution < 1.29 is 19.4 Å². The Morgan fingerprint density at radius 1 is 1.53 bits per heavy atom. The van der Waals surface area contributed by atoms with Gasteiger partial charge < -0.3 is 9.84 Å². The molecule has 1 fully saturated rings. The largest absolute Gasteiger partial charge is 0.458 e. The Hall–Kier alpha value is -1.16. The monoisotopic (exact) mass is 240 g/mol. The lowest BCUT2D eigenvalue weighted by molar-refractivity contribution is -0.156. The lowest BCUT2D eigenvalue weighted by atomic mass is 9.70. The Bertz CT molecular complexity index is 370. The van der Waals surface area contributed by atoms with E-state index >= 15 is 0 Å². The minimum atomic E-state index is -1.60. The molecule has 0 aromatic heterocycles. The van der Waals surface area contributed by atoms with Gasteiger partial charge >= 0.3 is 5.97 Å². The summed E-state index contributed by atoms with van der Waals surface area (Å²) in [6.07, 6.45) is 0.606. The number of Topliss-reactive ketones (excluding diaryl/α,β-unsaturated/α-hetero) is 1. The van der Waals surface area contributed by atoms with Gasteiger partial charge in [0.2, 0.25) is 5.78 Å². The van der Waals surface area contributed by atoms with Gasteiger partial charge in [-0.25, -0.2) is 0 Å². The number of hydrogen-bond acceptors (Lipinski definition) is 4. The van der Waals surface area contributed by atoms with Gasteiger partial charge in [-0.15, -0.1) is 0 Å². The molecule has 1 aliphatic rings. The first-order valence-corrected chi connectivity index (χ1v) is 5.71. The van der Waals surface area contributed by atoms with Crippen LogP contribution in [-0.4, -0.2) is 29.1 Å². The average Bonchev–Trinajstić information content (AvgIpc) is 2.37. The van der Waals surface area contributed by atoms with Crippen LogP contribution < -0.4 is 0 Å². The maximum Gasteiger partial charge on any atom is 0.303 e. The molecule has 1 N–H and O–H groups in total. The van der Waals surface area contributed by atoms with Gasteiger partial charge in [0.1, 0.15) is 0 Å². The quantitative estimate of drug-likeness (QED) is 0.599. The summed E-state index contributed by atoms with van der Waals surface area (Å²) in [6, 6.07) is 0. The van der Waals surface area contributed by atoms with Crippen molar-refractivity contribution in [1.29, 1.82) is 0 Å². The highest BCUT2D eigenvalue weighted by atomic mass is 16.5. The Balaban J connectivity index is 2.96. The lowest BCUT2D eigenvalue weighted by Gasteiger charge is -2.38. The third kappa shape index (κ3) is 2.02. The molecule has 0 heterocycles. The fraction of sp³-hybridized carbons (Fsp3) is 0.692. The molecule has 1 rings (SSSR count). The van der Waals surface area contributed by atoms with E-state index in [1.165, 1.54) is 6.92 Å². The summed E-state index contributed by atoms with van der Waals surface area (Å²) in [5.74, 6) is -0.871. The standard InChI is InChI=1S/C13H20O4/c1-8-6-9(2)13(16,12(8,4)5)11(15)7-17-10(3)14/h8,16H,2,6-7H2,1,3-5H3/t8-,13+/m1/s1. The van der Waals surface area contributed by atoms with Crippen molar-refractivity contribution in [2.75, 3.05) is 6.61 Å². The molecule has 4 heteroatoms. The van der Waals surface area contributed by atoms with Crippen LogP contribution in [0.25, 0.3) is 0 Å². The van der Waals surface area contributed by atoms with Crippen molar-refractivity contribution in [2.24, 2.45) is 11.3 Å². The molecule has 1 aliphatic carbocycles. The van der Waals surface area contributed by atoms with Crippen molar-refractivity contribution in [3.8, 4) is 0 Å². The maximum atomic E-state index is 12.1. The zero-order chi connectivity index (χ0) is 13.4. The molecular formula is C13H20O4. The Labute approximate surface area is 102 Å². The molecule has 0 aliphatic heterocycles. The summed E-state index contributed by atoms with van der Waals surface area (Å²) in [4.78, 5) is 22.8. The first-order valence-electron chi connectivity index (χ1n) is 5.71.